The van der Waals surface area contributed by atoms with Crippen LogP contribution in [0.5, 0.6) is 0 Å². The summed E-state index contributed by atoms with van der Waals surface area (Å²) in [5.41, 5.74) is 2.53. The molecule has 0 aliphatic carbocycles. The number of pyridine rings is 1. The number of aryl methyl sites for hydroxylation is 1. The van der Waals surface area contributed by atoms with Gasteiger partial charge in [-0.2, -0.15) is 5.26 Å². The van der Waals surface area contributed by atoms with Gasteiger partial charge in [-0.3, -0.25) is 4.98 Å². The average molecular weight is 244 g/mol. The summed E-state index contributed by atoms with van der Waals surface area (Å²) in [5, 5.41) is 8.95. The Bertz CT molecular complexity index is 615. The van der Waals surface area contributed by atoms with Crippen LogP contribution in [-0.4, -0.2) is 4.98 Å². The molecule has 90 valence electrons. The summed E-state index contributed by atoms with van der Waals surface area (Å²) in [5.74, 6) is 0. The Hall–Kier alpha value is -2.28. The molecule has 0 fully saturated rings. The molecule has 0 saturated heterocycles. The van der Waals surface area contributed by atoms with Crippen molar-refractivity contribution in [3.8, 4) is 17.2 Å². The van der Waals surface area contributed by atoms with E-state index in [2.05, 4.69) is 11.1 Å². The van der Waals surface area contributed by atoms with Crippen molar-refractivity contribution >= 4 is 0 Å². The summed E-state index contributed by atoms with van der Waals surface area (Å²) in [6.07, 6.45) is -1.24. The Morgan fingerprint density at radius 2 is 1.89 bits per heavy atom. The molecule has 0 radical (unpaired) electrons. The fraction of sp³-hybridized carbons (Fsp3) is 0.143. The number of nitrogens with zero attached hydrogens (tertiary/aromatic N) is 2. The van der Waals surface area contributed by atoms with Crippen LogP contribution in [0.25, 0.3) is 11.1 Å². The Morgan fingerprint density at radius 3 is 2.56 bits per heavy atom. The highest BCUT2D eigenvalue weighted by atomic mass is 19.3. The molecule has 0 N–H and O–H groups in total. The summed E-state index contributed by atoms with van der Waals surface area (Å²) in [6, 6.07) is 10.4. The smallest absolute Gasteiger partial charge is 0.255 e. The van der Waals surface area contributed by atoms with Crippen LogP contribution in [0.15, 0.2) is 36.5 Å². The van der Waals surface area contributed by atoms with E-state index in [1.54, 1.807) is 24.3 Å². The van der Waals surface area contributed by atoms with Crippen LogP contribution in [0.1, 0.15) is 23.2 Å². The second kappa shape index (κ2) is 4.92. The topological polar surface area (TPSA) is 36.7 Å². The van der Waals surface area contributed by atoms with E-state index >= 15 is 0 Å². The largest absolute Gasteiger partial charge is 0.280 e. The van der Waals surface area contributed by atoms with E-state index in [1.807, 2.05) is 6.92 Å². The molecule has 4 heteroatoms. The average Bonchev–Trinajstić information content (AvgIpc) is 2.39. The number of alkyl halides is 2. The molecular formula is C14H10F2N2. The van der Waals surface area contributed by atoms with Gasteiger partial charge in [0.25, 0.3) is 6.43 Å². The van der Waals surface area contributed by atoms with Crippen molar-refractivity contribution in [3.63, 3.8) is 0 Å². The van der Waals surface area contributed by atoms with Gasteiger partial charge in [0, 0.05) is 6.20 Å². The van der Waals surface area contributed by atoms with Gasteiger partial charge in [-0.25, -0.2) is 8.78 Å². The number of nitriles is 1. The number of aromatic nitrogens is 1. The van der Waals surface area contributed by atoms with Gasteiger partial charge < -0.3 is 0 Å². The van der Waals surface area contributed by atoms with Crippen molar-refractivity contribution < 1.29 is 8.78 Å². The lowest BCUT2D eigenvalue weighted by atomic mass is 10.0. The lowest BCUT2D eigenvalue weighted by Gasteiger charge is -2.06. The minimum absolute atomic E-state index is 0.258. The zero-order chi connectivity index (χ0) is 13.1. The second-order valence-electron chi connectivity index (χ2n) is 3.91. The normalized spacial score (nSPS) is 10.4. The molecule has 0 spiro atoms. The number of halogens is 2. The first-order valence-electron chi connectivity index (χ1n) is 5.37. The van der Waals surface area contributed by atoms with Crippen molar-refractivity contribution in [2.24, 2.45) is 0 Å². The van der Waals surface area contributed by atoms with Gasteiger partial charge in [-0.05, 0) is 41.8 Å². The van der Waals surface area contributed by atoms with Gasteiger partial charge in [-0.1, -0.05) is 12.1 Å². The monoisotopic (exact) mass is 244 g/mol. The fourth-order valence-electron chi connectivity index (χ4n) is 1.67. The van der Waals surface area contributed by atoms with E-state index in [1.165, 1.54) is 12.3 Å². The first-order valence-corrected chi connectivity index (χ1v) is 5.37. The fourth-order valence-corrected chi connectivity index (χ4v) is 1.67. The van der Waals surface area contributed by atoms with Crippen LogP contribution in [0, 0.1) is 18.3 Å². The summed E-state index contributed by atoms with van der Waals surface area (Å²) in [7, 11) is 0. The quantitative estimate of drug-likeness (QED) is 0.804. The molecule has 18 heavy (non-hydrogen) atoms. The lowest BCUT2D eigenvalue weighted by molar-refractivity contribution is 0.146. The molecule has 1 aromatic carbocycles. The minimum atomic E-state index is -2.59. The second-order valence-corrected chi connectivity index (χ2v) is 3.91. The molecular weight excluding hydrogens is 234 g/mol. The standard InChI is InChI=1S/C14H10F2N2/c1-9-2-3-10(6-12(9)8-17)11-4-5-18-13(7-11)14(15)16/h2-7,14H,1H3. The van der Waals surface area contributed by atoms with E-state index in [-0.39, 0.29) is 5.69 Å². The van der Waals surface area contributed by atoms with Crippen LogP contribution < -0.4 is 0 Å². The molecule has 0 bridgehead atoms. The van der Waals surface area contributed by atoms with E-state index in [4.69, 9.17) is 5.26 Å². The van der Waals surface area contributed by atoms with Crippen molar-refractivity contribution in [3.05, 3.63) is 53.3 Å². The van der Waals surface area contributed by atoms with Crippen molar-refractivity contribution in [1.29, 1.82) is 5.26 Å². The molecule has 2 rings (SSSR count). The maximum Gasteiger partial charge on any atom is 0.280 e. The predicted molar refractivity (Wildman–Crippen MR) is 64.1 cm³/mol. The van der Waals surface area contributed by atoms with E-state index in [9.17, 15) is 8.78 Å². The number of hydrogen-bond donors (Lipinski definition) is 0. The van der Waals surface area contributed by atoms with E-state index in [0.717, 1.165) is 11.1 Å². The predicted octanol–water partition coefficient (Wildman–Crippen LogP) is 3.87. The van der Waals surface area contributed by atoms with Crippen LogP contribution in [-0.2, 0) is 0 Å². The molecule has 1 aromatic heterocycles. The van der Waals surface area contributed by atoms with Crippen molar-refractivity contribution in [2.45, 2.75) is 13.3 Å². The maximum atomic E-state index is 12.6. The van der Waals surface area contributed by atoms with Crippen molar-refractivity contribution in [1.82, 2.24) is 4.98 Å². The molecule has 0 aliphatic rings. The van der Waals surface area contributed by atoms with Crippen LogP contribution in [0.3, 0.4) is 0 Å². The highest BCUT2D eigenvalue weighted by molar-refractivity contribution is 5.66. The summed E-state index contributed by atoms with van der Waals surface area (Å²) in [4.78, 5) is 3.61. The van der Waals surface area contributed by atoms with Crippen LogP contribution >= 0.6 is 0 Å². The minimum Gasteiger partial charge on any atom is -0.255 e. The summed E-state index contributed by atoms with van der Waals surface area (Å²) in [6.45, 7) is 1.83. The maximum absolute atomic E-state index is 12.6. The van der Waals surface area contributed by atoms with Gasteiger partial charge in [0.2, 0.25) is 0 Å². The van der Waals surface area contributed by atoms with Gasteiger partial charge in [0.1, 0.15) is 5.69 Å². The highest BCUT2D eigenvalue weighted by Crippen LogP contribution is 2.25. The Labute approximate surface area is 104 Å². The first-order chi connectivity index (χ1) is 8.61. The third-order valence-corrected chi connectivity index (χ3v) is 2.70. The number of hydrogen-bond acceptors (Lipinski definition) is 2. The molecule has 2 nitrogen and oxygen atoms in total. The Morgan fingerprint density at radius 1 is 1.17 bits per heavy atom. The zero-order valence-electron chi connectivity index (χ0n) is 9.69. The van der Waals surface area contributed by atoms with Crippen molar-refractivity contribution in [2.75, 3.05) is 0 Å². The third kappa shape index (κ3) is 2.35. The van der Waals surface area contributed by atoms with Crippen LogP contribution in [0.4, 0.5) is 8.78 Å². The SMILES string of the molecule is Cc1ccc(-c2ccnc(C(F)F)c2)cc1C#N. The molecule has 1 heterocycles. The van der Waals surface area contributed by atoms with Gasteiger partial charge in [0.15, 0.2) is 0 Å². The van der Waals surface area contributed by atoms with Gasteiger partial charge >= 0.3 is 0 Å². The van der Waals surface area contributed by atoms with E-state index in [0.29, 0.717) is 11.1 Å². The van der Waals surface area contributed by atoms with Crippen LogP contribution in [0.2, 0.25) is 0 Å². The van der Waals surface area contributed by atoms with E-state index < -0.39 is 6.43 Å². The number of rotatable bonds is 2. The first kappa shape index (κ1) is 12.2. The summed E-state index contributed by atoms with van der Waals surface area (Å²) >= 11 is 0. The molecule has 0 atom stereocenters. The molecule has 0 aliphatic heterocycles. The van der Waals surface area contributed by atoms with Gasteiger partial charge in [0.05, 0.1) is 11.6 Å². The summed E-state index contributed by atoms with van der Waals surface area (Å²) < 4.78 is 25.1. The molecule has 0 saturated carbocycles. The molecule has 0 amide bonds. The molecule has 2 aromatic rings. The zero-order valence-corrected chi connectivity index (χ0v) is 9.69. The molecule has 0 unspecified atom stereocenters. The number of benzene rings is 1. The third-order valence-electron chi connectivity index (χ3n) is 2.70. The van der Waals surface area contributed by atoms with Gasteiger partial charge in [-0.15, -0.1) is 0 Å². The lowest BCUT2D eigenvalue weighted by Crippen LogP contribution is -1.91. The highest BCUT2D eigenvalue weighted by Gasteiger charge is 2.10. The Balaban J connectivity index is 2.49. The Kier molecular flexibility index (Phi) is 3.33.